The van der Waals surface area contributed by atoms with Crippen LogP contribution in [0, 0.1) is 13.8 Å². The van der Waals surface area contributed by atoms with Gasteiger partial charge in [0.25, 0.3) is 0 Å². The third-order valence-corrected chi connectivity index (χ3v) is 5.86. The lowest BCUT2D eigenvalue weighted by Crippen LogP contribution is -2.06. The zero-order chi connectivity index (χ0) is 24.4. The summed E-state index contributed by atoms with van der Waals surface area (Å²) in [6, 6.07) is 27.4. The van der Waals surface area contributed by atoms with Gasteiger partial charge in [-0.1, -0.05) is 60.2 Å². The number of ether oxygens (including phenoxy) is 2. The van der Waals surface area contributed by atoms with E-state index in [0.29, 0.717) is 28.8 Å². The molecule has 0 radical (unpaired) electrons. The minimum Gasteiger partial charge on any atom is -0.465 e. The van der Waals surface area contributed by atoms with Crippen molar-refractivity contribution in [1.82, 2.24) is 14.8 Å². The molecule has 2 aromatic heterocycles. The summed E-state index contributed by atoms with van der Waals surface area (Å²) < 4.78 is 12.8. The van der Waals surface area contributed by atoms with E-state index in [1.54, 1.807) is 6.07 Å². The zero-order valence-corrected chi connectivity index (χ0v) is 19.9. The van der Waals surface area contributed by atoms with E-state index < -0.39 is 5.97 Å². The van der Waals surface area contributed by atoms with Gasteiger partial charge in [0.05, 0.1) is 36.0 Å². The molecule has 6 nitrogen and oxygen atoms in total. The summed E-state index contributed by atoms with van der Waals surface area (Å²) in [7, 11) is 1.39. The molecule has 0 spiro atoms. The topological polar surface area (TPSA) is 66.2 Å². The number of carbonyl (C=O) groups is 1. The van der Waals surface area contributed by atoms with Crippen LogP contribution in [0.4, 0.5) is 0 Å². The predicted octanol–water partition coefficient (Wildman–Crippen LogP) is 6.34. The highest BCUT2D eigenvalue weighted by Gasteiger charge is 2.21. The molecule has 0 bridgehead atoms. The average molecular weight is 464 g/mol. The molecule has 0 unspecified atom stereocenters. The van der Waals surface area contributed by atoms with E-state index in [2.05, 4.69) is 0 Å². The summed E-state index contributed by atoms with van der Waals surface area (Å²) in [4.78, 5) is 17.6. The Hall–Kier alpha value is -4.45. The molecule has 174 valence electrons. The second-order valence-corrected chi connectivity index (χ2v) is 8.41. The number of methoxy groups -OCH3 is 1. The zero-order valence-electron chi connectivity index (χ0n) is 19.9. The van der Waals surface area contributed by atoms with E-state index in [0.717, 1.165) is 33.9 Å². The maximum Gasteiger partial charge on any atom is 0.338 e. The lowest BCUT2D eigenvalue weighted by molar-refractivity contribution is 0.0603. The Balaban J connectivity index is 1.52. The van der Waals surface area contributed by atoms with Gasteiger partial charge in [0.1, 0.15) is 11.5 Å². The van der Waals surface area contributed by atoms with E-state index >= 15 is 0 Å². The normalized spacial score (nSPS) is 10.9. The number of fused-ring (bicyclic) bond motifs is 1. The second-order valence-electron chi connectivity index (χ2n) is 8.41. The SMILES string of the molecule is COC(=O)c1cc(-c2ccc(C)cc2)nc2c1c(C)nn2Cc1ccc(Oc2ccccc2)cc1. The molecule has 35 heavy (non-hydrogen) atoms. The number of benzene rings is 3. The van der Waals surface area contributed by atoms with Crippen LogP contribution in [0.3, 0.4) is 0 Å². The fraction of sp³-hybridized carbons (Fsp3) is 0.138. The highest BCUT2D eigenvalue weighted by molar-refractivity contribution is 6.05. The van der Waals surface area contributed by atoms with Gasteiger partial charge in [0.2, 0.25) is 0 Å². The number of aromatic nitrogens is 3. The van der Waals surface area contributed by atoms with Crippen LogP contribution in [-0.2, 0) is 11.3 Å². The Kier molecular flexibility index (Phi) is 6.02. The number of pyridine rings is 1. The van der Waals surface area contributed by atoms with Crippen molar-refractivity contribution in [3.05, 3.63) is 107 Å². The van der Waals surface area contributed by atoms with Crippen LogP contribution in [0.5, 0.6) is 11.5 Å². The first kappa shape index (κ1) is 22.3. The first-order chi connectivity index (χ1) is 17.0. The summed E-state index contributed by atoms with van der Waals surface area (Å²) in [6.45, 7) is 4.42. The standard InChI is InChI=1S/C29H25N3O3/c1-19-9-13-22(14-10-19)26-17-25(29(33)34-3)27-20(2)31-32(28(27)30-26)18-21-11-15-24(16-12-21)35-23-7-5-4-6-8-23/h4-17H,18H2,1-3H3. The van der Waals surface area contributed by atoms with Crippen LogP contribution in [-0.4, -0.2) is 27.8 Å². The maximum absolute atomic E-state index is 12.7. The number of aryl methyl sites for hydroxylation is 2. The average Bonchev–Trinajstić information content (AvgIpc) is 3.20. The molecule has 0 aliphatic rings. The molecule has 5 rings (SSSR count). The summed E-state index contributed by atoms with van der Waals surface area (Å²) in [5, 5.41) is 5.42. The first-order valence-electron chi connectivity index (χ1n) is 11.4. The number of carbonyl (C=O) groups excluding carboxylic acids is 1. The first-order valence-corrected chi connectivity index (χ1v) is 11.4. The third kappa shape index (κ3) is 4.64. The van der Waals surface area contributed by atoms with Gasteiger partial charge in [-0.15, -0.1) is 0 Å². The van der Waals surface area contributed by atoms with Crippen molar-refractivity contribution in [3.63, 3.8) is 0 Å². The van der Waals surface area contributed by atoms with Gasteiger partial charge in [0.15, 0.2) is 5.65 Å². The molecule has 0 amide bonds. The molecule has 2 heterocycles. The van der Waals surface area contributed by atoms with Gasteiger partial charge in [-0.3, -0.25) is 0 Å². The number of rotatable bonds is 6. The molecule has 0 fully saturated rings. The third-order valence-electron chi connectivity index (χ3n) is 5.86. The second kappa shape index (κ2) is 9.43. The monoisotopic (exact) mass is 463 g/mol. The Morgan fingerprint density at radius 2 is 1.57 bits per heavy atom. The van der Waals surface area contributed by atoms with Gasteiger partial charge >= 0.3 is 5.97 Å². The molecule has 0 aliphatic carbocycles. The minimum atomic E-state index is -0.407. The van der Waals surface area contributed by atoms with Crippen LogP contribution in [0.1, 0.15) is 27.2 Å². The van der Waals surface area contributed by atoms with E-state index in [4.69, 9.17) is 19.6 Å². The van der Waals surface area contributed by atoms with Crippen molar-refractivity contribution >= 4 is 17.0 Å². The van der Waals surface area contributed by atoms with Crippen LogP contribution in [0.25, 0.3) is 22.3 Å². The highest BCUT2D eigenvalue weighted by Crippen LogP contribution is 2.29. The van der Waals surface area contributed by atoms with Crippen LogP contribution in [0.15, 0.2) is 84.9 Å². The molecule has 0 atom stereocenters. The van der Waals surface area contributed by atoms with Gasteiger partial charge in [-0.25, -0.2) is 14.5 Å². The van der Waals surface area contributed by atoms with Crippen LogP contribution >= 0.6 is 0 Å². The molecule has 0 aliphatic heterocycles. The number of nitrogens with zero attached hydrogens (tertiary/aromatic N) is 3. The number of hydrogen-bond donors (Lipinski definition) is 0. The van der Waals surface area contributed by atoms with E-state index in [-0.39, 0.29) is 0 Å². The van der Waals surface area contributed by atoms with Crippen molar-refractivity contribution in [2.75, 3.05) is 7.11 Å². The largest absolute Gasteiger partial charge is 0.465 e. The van der Waals surface area contributed by atoms with Gasteiger partial charge < -0.3 is 9.47 Å². The van der Waals surface area contributed by atoms with Crippen molar-refractivity contribution < 1.29 is 14.3 Å². The van der Waals surface area contributed by atoms with Crippen LogP contribution in [0.2, 0.25) is 0 Å². The van der Waals surface area contributed by atoms with Crippen molar-refractivity contribution in [3.8, 4) is 22.8 Å². The molecule has 0 saturated carbocycles. The number of hydrogen-bond acceptors (Lipinski definition) is 5. The van der Waals surface area contributed by atoms with Crippen molar-refractivity contribution in [1.29, 1.82) is 0 Å². The molecular weight excluding hydrogens is 438 g/mol. The van der Waals surface area contributed by atoms with Crippen molar-refractivity contribution in [2.24, 2.45) is 0 Å². The molecule has 6 heteroatoms. The van der Waals surface area contributed by atoms with E-state index in [1.807, 2.05) is 97.4 Å². The summed E-state index contributed by atoms with van der Waals surface area (Å²) in [5.41, 5.74) is 5.66. The lowest BCUT2D eigenvalue weighted by Gasteiger charge is -2.09. The fourth-order valence-electron chi connectivity index (χ4n) is 4.07. The molecule has 0 N–H and O–H groups in total. The lowest BCUT2D eigenvalue weighted by atomic mass is 10.0. The smallest absolute Gasteiger partial charge is 0.338 e. The van der Waals surface area contributed by atoms with E-state index in [1.165, 1.54) is 7.11 Å². The molecule has 0 saturated heterocycles. The summed E-state index contributed by atoms with van der Waals surface area (Å²) in [6.07, 6.45) is 0. The van der Waals surface area contributed by atoms with Gasteiger partial charge in [-0.05, 0) is 49.7 Å². The quantitative estimate of drug-likeness (QED) is 0.275. The molecule has 3 aromatic carbocycles. The highest BCUT2D eigenvalue weighted by atomic mass is 16.5. The van der Waals surface area contributed by atoms with Crippen LogP contribution < -0.4 is 4.74 Å². The Morgan fingerprint density at radius 1 is 0.886 bits per heavy atom. The number of para-hydroxylation sites is 1. The summed E-state index contributed by atoms with van der Waals surface area (Å²) in [5.74, 6) is 1.14. The Morgan fingerprint density at radius 3 is 2.26 bits per heavy atom. The maximum atomic E-state index is 12.7. The van der Waals surface area contributed by atoms with Gasteiger partial charge in [-0.2, -0.15) is 5.10 Å². The predicted molar refractivity (Wildman–Crippen MR) is 136 cm³/mol. The van der Waals surface area contributed by atoms with Gasteiger partial charge in [0, 0.05) is 5.56 Å². The number of esters is 1. The Labute approximate surface area is 203 Å². The van der Waals surface area contributed by atoms with Crippen molar-refractivity contribution in [2.45, 2.75) is 20.4 Å². The Bertz CT molecular complexity index is 1490. The fourth-order valence-corrected chi connectivity index (χ4v) is 4.07. The molecule has 5 aromatic rings. The minimum absolute atomic E-state index is 0.407. The molecular formula is C29H25N3O3. The van der Waals surface area contributed by atoms with E-state index in [9.17, 15) is 4.79 Å². The summed E-state index contributed by atoms with van der Waals surface area (Å²) >= 11 is 0.